The third-order valence-electron chi connectivity index (χ3n) is 4.00. The van der Waals surface area contributed by atoms with Gasteiger partial charge in [-0.3, -0.25) is 4.79 Å². The highest BCUT2D eigenvalue weighted by Crippen LogP contribution is 2.22. The van der Waals surface area contributed by atoms with Gasteiger partial charge in [-0.25, -0.2) is 10.1 Å². The molecule has 0 aliphatic heterocycles. The number of amides is 1. The first-order valence-electron chi connectivity index (χ1n) is 8.61. The van der Waals surface area contributed by atoms with Crippen LogP contribution in [0.5, 0.6) is 0 Å². The molecular formula is C20H19Cl2N5O. The van der Waals surface area contributed by atoms with E-state index in [2.05, 4.69) is 20.9 Å². The number of hydrogen-bond acceptors (Lipinski definition) is 4. The number of aryl methyl sites for hydroxylation is 1. The van der Waals surface area contributed by atoms with E-state index in [0.717, 1.165) is 11.3 Å². The van der Waals surface area contributed by atoms with Crippen LogP contribution in [0.2, 0.25) is 10.2 Å². The smallest absolute Gasteiger partial charge is 0.259 e. The van der Waals surface area contributed by atoms with E-state index in [0.29, 0.717) is 28.0 Å². The summed E-state index contributed by atoms with van der Waals surface area (Å²) in [6, 6.07) is 17.0. The molecule has 0 fully saturated rings. The largest absolute Gasteiger partial charge is 0.376 e. The van der Waals surface area contributed by atoms with Crippen molar-refractivity contribution in [3.63, 3.8) is 0 Å². The maximum Gasteiger partial charge on any atom is 0.259 e. The van der Waals surface area contributed by atoms with E-state index in [9.17, 15) is 4.79 Å². The van der Waals surface area contributed by atoms with Crippen LogP contribution < -0.4 is 10.7 Å². The second kappa shape index (κ2) is 9.39. The predicted octanol–water partition coefficient (Wildman–Crippen LogP) is 4.11. The van der Waals surface area contributed by atoms with Gasteiger partial charge in [0.05, 0.1) is 30.6 Å². The summed E-state index contributed by atoms with van der Waals surface area (Å²) in [6.07, 6.45) is 1.49. The van der Waals surface area contributed by atoms with Crippen LogP contribution >= 0.6 is 23.2 Å². The molecule has 0 unspecified atom stereocenters. The fraction of sp³-hybridized carbons (Fsp3) is 0.150. The number of hydrogen-bond donors (Lipinski definition) is 2. The topological polar surface area (TPSA) is 71.3 Å². The highest BCUT2D eigenvalue weighted by atomic mass is 35.5. The van der Waals surface area contributed by atoms with Gasteiger partial charge in [-0.1, -0.05) is 59.6 Å². The van der Waals surface area contributed by atoms with Crippen LogP contribution in [-0.4, -0.2) is 28.4 Å². The number of hydrazone groups is 1. The molecule has 0 spiro atoms. The van der Waals surface area contributed by atoms with Crippen LogP contribution in [0, 0.1) is 6.92 Å². The highest BCUT2D eigenvalue weighted by Gasteiger charge is 2.13. The van der Waals surface area contributed by atoms with Gasteiger partial charge in [0.1, 0.15) is 5.15 Å². The molecular weight excluding hydrogens is 397 g/mol. The zero-order chi connectivity index (χ0) is 19.9. The molecule has 0 bridgehead atoms. The monoisotopic (exact) mass is 415 g/mol. The van der Waals surface area contributed by atoms with Crippen molar-refractivity contribution in [3.05, 3.63) is 81.6 Å². The molecule has 3 rings (SSSR count). The average Bonchev–Trinajstić information content (AvgIpc) is 2.96. The molecule has 3 aromatic rings. The van der Waals surface area contributed by atoms with E-state index in [-0.39, 0.29) is 12.5 Å². The highest BCUT2D eigenvalue weighted by molar-refractivity contribution is 6.32. The van der Waals surface area contributed by atoms with Crippen LogP contribution in [0.15, 0.2) is 59.7 Å². The molecule has 1 amide bonds. The van der Waals surface area contributed by atoms with Crippen molar-refractivity contribution in [2.45, 2.75) is 13.5 Å². The number of rotatable bonds is 7. The zero-order valence-electron chi connectivity index (χ0n) is 15.2. The average molecular weight is 416 g/mol. The minimum atomic E-state index is -0.266. The summed E-state index contributed by atoms with van der Waals surface area (Å²) in [5, 5.41) is 12.5. The first kappa shape index (κ1) is 19.9. The third kappa shape index (κ3) is 5.12. The van der Waals surface area contributed by atoms with Gasteiger partial charge < -0.3 is 5.32 Å². The number of halogens is 2. The number of para-hydroxylation sites is 1. The Hall–Kier alpha value is -2.83. The number of carbonyl (C=O) groups excluding carboxylic acids is 1. The number of benzene rings is 2. The molecule has 28 heavy (non-hydrogen) atoms. The molecule has 1 aromatic heterocycles. The number of anilines is 1. The summed E-state index contributed by atoms with van der Waals surface area (Å²) in [5.41, 5.74) is 5.60. The molecule has 2 aromatic carbocycles. The van der Waals surface area contributed by atoms with E-state index in [1.54, 1.807) is 4.68 Å². The summed E-state index contributed by atoms with van der Waals surface area (Å²) in [6.45, 7) is 2.38. The first-order valence-corrected chi connectivity index (χ1v) is 9.37. The summed E-state index contributed by atoms with van der Waals surface area (Å²) in [7, 11) is 0. The lowest BCUT2D eigenvalue weighted by atomic mass is 10.2. The van der Waals surface area contributed by atoms with Crippen molar-refractivity contribution in [1.82, 2.24) is 15.2 Å². The lowest BCUT2D eigenvalue weighted by Crippen LogP contribution is -2.25. The maximum atomic E-state index is 11.9. The lowest BCUT2D eigenvalue weighted by Gasteiger charge is -2.05. The van der Waals surface area contributed by atoms with Gasteiger partial charge in [0.25, 0.3) is 5.91 Å². The summed E-state index contributed by atoms with van der Waals surface area (Å²) in [5.74, 6) is -0.266. The Morgan fingerprint density at radius 2 is 1.86 bits per heavy atom. The van der Waals surface area contributed by atoms with Crippen molar-refractivity contribution in [3.8, 4) is 0 Å². The SMILES string of the molecule is Cc1nn(Cc2ccccc2Cl)c(Cl)c1/C=N\NC(=O)CNc1ccccc1. The Kier molecular flexibility index (Phi) is 6.68. The summed E-state index contributed by atoms with van der Waals surface area (Å²) in [4.78, 5) is 11.9. The lowest BCUT2D eigenvalue weighted by molar-refractivity contribution is -0.119. The van der Waals surface area contributed by atoms with Gasteiger partial charge in [-0.05, 0) is 30.7 Å². The van der Waals surface area contributed by atoms with E-state index in [1.165, 1.54) is 6.21 Å². The fourth-order valence-corrected chi connectivity index (χ4v) is 3.03. The minimum Gasteiger partial charge on any atom is -0.376 e. The molecule has 0 saturated heterocycles. The Morgan fingerprint density at radius 3 is 2.61 bits per heavy atom. The van der Waals surface area contributed by atoms with Crippen molar-refractivity contribution in [2.75, 3.05) is 11.9 Å². The third-order valence-corrected chi connectivity index (χ3v) is 4.76. The number of nitrogens with zero attached hydrogens (tertiary/aromatic N) is 3. The first-order chi connectivity index (χ1) is 13.5. The van der Waals surface area contributed by atoms with Crippen LogP contribution in [0.3, 0.4) is 0 Å². The maximum absolute atomic E-state index is 11.9. The van der Waals surface area contributed by atoms with Crippen LogP contribution in [0.4, 0.5) is 5.69 Å². The Balaban J connectivity index is 1.60. The number of nitrogens with one attached hydrogen (secondary N) is 2. The van der Waals surface area contributed by atoms with E-state index in [4.69, 9.17) is 23.2 Å². The van der Waals surface area contributed by atoms with E-state index >= 15 is 0 Å². The molecule has 6 nitrogen and oxygen atoms in total. The quantitative estimate of drug-likeness (QED) is 0.450. The molecule has 2 N–H and O–H groups in total. The normalized spacial score (nSPS) is 11.0. The van der Waals surface area contributed by atoms with Crippen molar-refractivity contribution in [1.29, 1.82) is 0 Å². The van der Waals surface area contributed by atoms with Crippen molar-refractivity contribution < 1.29 is 4.79 Å². The van der Waals surface area contributed by atoms with Gasteiger partial charge in [-0.15, -0.1) is 0 Å². The Bertz CT molecular complexity index is 986. The molecule has 0 aliphatic carbocycles. The standard InChI is InChI=1S/C20H19Cl2N5O/c1-14-17(11-24-25-19(28)12-23-16-8-3-2-4-9-16)20(22)27(26-14)13-15-7-5-6-10-18(15)21/h2-11,23H,12-13H2,1H3,(H,25,28)/b24-11-. The number of carbonyl (C=O) groups is 1. The summed E-state index contributed by atoms with van der Waals surface area (Å²) < 4.78 is 1.65. The molecule has 0 aliphatic rings. The summed E-state index contributed by atoms with van der Waals surface area (Å²) >= 11 is 12.6. The second-order valence-corrected chi connectivity index (χ2v) is 6.82. The Labute approximate surface area is 173 Å². The van der Waals surface area contributed by atoms with Crippen molar-refractivity contribution in [2.24, 2.45) is 5.10 Å². The Morgan fingerprint density at radius 1 is 1.14 bits per heavy atom. The van der Waals surface area contributed by atoms with E-state index < -0.39 is 0 Å². The van der Waals surface area contributed by atoms with Crippen molar-refractivity contribution >= 4 is 41.0 Å². The molecule has 144 valence electrons. The van der Waals surface area contributed by atoms with E-state index in [1.807, 2.05) is 61.5 Å². The van der Waals surface area contributed by atoms with Crippen LogP contribution in [0.25, 0.3) is 0 Å². The number of aromatic nitrogens is 2. The predicted molar refractivity (Wildman–Crippen MR) is 113 cm³/mol. The van der Waals surface area contributed by atoms with Gasteiger partial charge in [-0.2, -0.15) is 10.2 Å². The zero-order valence-corrected chi connectivity index (χ0v) is 16.7. The molecule has 0 saturated carbocycles. The molecule has 8 heteroatoms. The van der Waals surface area contributed by atoms with Crippen LogP contribution in [0.1, 0.15) is 16.8 Å². The van der Waals surface area contributed by atoms with Crippen LogP contribution in [-0.2, 0) is 11.3 Å². The van der Waals surface area contributed by atoms with Gasteiger partial charge in [0.2, 0.25) is 0 Å². The fourth-order valence-electron chi connectivity index (χ4n) is 2.55. The minimum absolute atomic E-state index is 0.111. The van der Waals surface area contributed by atoms with Gasteiger partial charge in [0.15, 0.2) is 0 Å². The van der Waals surface area contributed by atoms with Gasteiger partial charge >= 0.3 is 0 Å². The van der Waals surface area contributed by atoms with Gasteiger partial charge in [0, 0.05) is 10.7 Å². The molecule has 1 heterocycles. The molecule has 0 atom stereocenters. The molecule has 0 radical (unpaired) electrons. The second-order valence-electron chi connectivity index (χ2n) is 6.05.